The summed E-state index contributed by atoms with van der Waals surface area (Å²) in [6.07, 6.45) is 4.30. The third-order valence-corrected chi connectivity index (χ3v) is 4.95. The second-order valence-electron chi connectivity index (χ2n) is 6.92. The molecule has 6 heteroatoms. The van der Waals surface area contributed by atoms with Crippen LogP contribution >= 0.6 is 0 Å². The molecule has 0 aliphatic carbocycles. The molecule has 0 atom stereocenters. The average molecular weight is 393 g/mol. The molecule has 1 amide bonds. The number of methoxy groups -OCH3 is 1. The molecule has 0 saturated carbocycles. The second kappa shape index (κ2) is 10.4. The fraction of sp³-hybridized carbons (Fsp3) is 0.304. The summed E-state index contributed by atoms with van der Waals surface area (Å²) < 4.78 is 4.68. The minimum absolute atomic E-state index is 0.0847. The number of ether oxygens (including phenoxy) is 1. The zero-order chi connectivity index (χ0) is 20.5. The van der Waals surface area contributed by atoms with Crippen LogP contribution in [0.2, 0.25) is 0 Å². The first-order valence-electron chi connectivity index (χ1n) is 9.79. The monoisotopic (exact) mass is 393 g/mol. The number of hydrogen-bond acceptors (Lipinski definition) is 5. The van der Waals surface area contributed by atoms with Crippen molar-refractivity contribution in [3.05, 3.63) is 71.8 Å². The highest BCUT2D eigenvalue weighted by Gasteiger charge is 2.20. The normalized spacial score (nSPS) is 14.7. The van der Waals surface area contributed by atoms with Crippen LogP contribution in [0.4, 0.5) is 5.69 Å². The fourth-order valence-electron chi connectivity index (χ4n) is 3.21. The van der Waals surface area contributed by atoms with Gasteiger partial charge in [-0.15, -0.1) is 0 Å². The summed E-state index contributed by atoms with van der Waals surface area (Å²) in [7, 11) is 1.35. The summed E-state index contributed by atoms with van der Waals surface area (Å²) in [5, 5.41) is 3.12. The largest absolute Gasteiger partial charge is 0.465 e. The minimum atomic E-state index is -0.371. The fourth-order valence-corrected chi connectivity index (χ4v) is 3.21. The number of benzene rings is 2. The topological polar surface area (TPSA) is 61.9 Å². The van der Waals surface area contributed by atoms with Crippen LogP contribution in [0.5, 0.6) is 0 Å². The predicted molar refractivity (Wildman–Crippen MR) is 115 cm³/mol. The molecule has 0 unspecified atom stereocenters. The molecule has 0 aromatic heterocycles. The van der Waals surface area contributed by atoms with E-state index in [2.05, 4.69) is 39.2 Å². The van der Waals surface area contributed by atoms with E-state index in [0.29, 0.717) is 5.56 Å². The highest BCUT2D eigenvalue weighted by atomic mass is 16.5. The predicted octanol–water partition coefficient (Wildman–Crippen LogP) is 2.74. The molecule has 0 bridgehead atoms. The van der Waals surface area contributed by atoms with Crippen LogP contribution in [0, 0.1) is 0 Å². The van der Waals surface area contributed by atoms with Crippen molar-refractivity contribution in [3.8, 4) is 0 Å². The Balaban J connectivity index is 1.38. The molecule has 1 heterocycles. The number of esters is 1. The Hall–Kier alpha value is -3.12. The van der Waals surface area contributed by atoms with Gasteiger partial charge in [0.15, 0.2) is 0 Å². The number of nitrogens with zero attached hydrogens (tertiary/aromatic N) is 2. The Morgan fingerprint density at radius 3 is 2.34 bits per heavy atom. The lowest BCUT2D eigenvalue weighted by molar-refractivity contribution is -0.130. The first kappa shape index (κ1) is 20.6. The Labute approximate surface area is 171 Å². The Morgan fingerprint density at radius 1 is 1.00 bits per heavy atom. The van der Waals surface area contributed by atoms with Gasteiger partial charge >= 0.3 is 5.97 Å². The van der Waals surface area contributed by atoms with E-state index in [4.69, 9.17) is 0 Å². The summed E-state index contributed by atoms with van der Waals surface area (Å²) >= 11 is 0. The van der Waals surface area contributed by atoms with Gasteiger partial charge in [0, 0.05) is 38.4 Å². The van der Waals surface area contributed by atoms with Crippen LogP contribution < -0.4 is 5.32 Å². The van der Waals surface area contributed by atoms with Gasteiger partial charge in [-0.2, -0.15) is 0 Å². The van der Waals surface area contributed by atoms with Crippen LogP contribution in [-0.2, 0) is 9.53 Å². The maximum atomic E-state index is 12.5. The first-order chi connectivity index (χ1) is 14.2. The number of carbonyl (C=O) groups excluding carboxylic acids is 2. The van der Waals surface area contributed by atoms with Gasteiger partial charge in [0.1, 0.15) is 0 Å². The van der Waals surface area contributed by atoms with Gasteiger partial charge in [0.05, 0.1) is 19.2 Å². The molecule has 1 N–H and O–H groups in total. The van der Waals surface area contributed by atoms with E-state index in [0.717, 1.165) is 38.4 Å². The van der Waals surface area contributed by atoms with Crippen molar-refractivity contribution >= 4 is 23.6 Å². The van der Waals surface area contributed by atoms with Crippen molar-refractivity contribution in [2.24, 2.45) is 0 Å². The number of carbonyl (C=O) groups is 2. The van der Waals surface area contributed by atoms with E-state index >= 15 is 0 Å². The van der Waals surface area contributed by atoms with Gasteiger partial charge in [0.25, 0.3) is 0 Å². The molecule has 29 heavy (non-hydrogen) atoms. The van der Waals surface area contributed by atoms with Crippen molar-refractivity contribution in [2.75, 3.05) is 51.7 Å². The lowest BCUT2D eigenvalue weighted by Gasteiger charge is -2.34. The average Bonchev–Trinajstić information content (AvgIpc) is 2.78. The van der Waals surface area contributed by atoms with Crippen molar-refractivity contribution < 1.29 is 14.3 Å². The highest BCUT2D eigenvalue weighted by Crippen LogP contribution is 2.11. The summed E-state index contributed by atoms with van der Waals surface area (Å²) in [6, 6.07) is 17.2. The van der Waals surface area contributed by atoms with Crippen molar-refractivity contribution in [3.63, 3.8) is 0 Å². The molecular formula is C23H27N3O3. The number of nitrogens with one attached hydrogen (secondary N) is 1. The number of piperazine rings is 1. The SMILES string of the molecule is COC(=O)c1ccc(NCC(=O)N2CCN(C/C=C/c3ccccc3)CC2)cc1. The molecule has 2 aromatic carbocycles. The maximum Gasteiger partial charge on any atom is 0.337 e. The Morgan fingerprint density at radius 2 is 1.69 bits per heavy atom. The van der Waals surface area contributed by atoms with Crippen LogP contribution in [0.15, 0.2) is 60.7 Å². The molecule has 1 fully saturated rings. The number of hydrogen-bond donors (Lipinski definition) is 1. The van der Waals surface area contributed by atoms with E-state index in [-0.39, 0.29) is 18.4 Å². The van der Waals surface area contributed by atoms with E-state index < -0.39 is 0 Å². The molecule has 1 saturated heterocycles. The smallest absolute Gasteiger partial charge is 0.337 e. The third kappa shape index (κ3) is 6.19. The van der Waals surface area contributed by atoms with Gasteiger partial charge in [-0.05, 0) is 29.8 Å². The van der Waals surface area contributed by atoms with Gasteiger partial charge in [0.2, 0.25) is 5.91 Å². The molecule has 2 aromatic rings. The quantitative estimate of drug-likeness (QED) is 0.733. The third-order valence-electron chi connectivity index (χ3n) is 4.95. The lowest BCUT2D eigenvalue weighted by Crippen LogP contribution is -2.50. The van der Waals surface area contributed by atoms with E-state index in [1.54, 1.807) is 24.3 Å². The Kier molecular flexibility index (Phi) is 7.41. The number of rotatable bonds is 7. The first-order valence-corrected chi connectivity index (χ1v) is 9.79. The molecule has 0 spiro atoms. The second-order valence-corrected chi connectivity index (χ2v) is 6.92. The van der Waals surface area contributed by atoms with E-state index in [1.807, 2.05) is 23.1 Å². The minimum Gasteiger partial charge on any atom is -0.465 e. The van der Waals surface area contributed by atoms with Crippen LogP contribution in [0.25, 0.3) is 6.08 Å². The molecule has 1 aliphatic heterocycles. The standard InChI is InChI=1S/C23H27N3O3/c1-29-23(28)20-9-11-21(12-10-20)24-18-22(27)26-16-14-25(15-17-26)13-5-8-19-6-3-2-4-7-19/h2-12,24H,13-18H2,1H3/b8-5+. The van der Waals surface area contributed by atoms with Gasteiger partial charge in [-0.1, -0.05) is 42.5 Å². The molecule has 152 valence electrons. The lowest BCUT2D eigenvalue weighted by atomic mass is 10.2. The molecule has 6 nitrogen and oxygen atoms in total. The maximum absolute atomic E-state index is 12.5. The Bertz CT molecular complexity index is 826. The van der Waals surface area contributed by atoms with Gasteiger partial charge < -0.3 is 15.0 Å². The van der Waals surface area contributed by atoms with Crippen LogP contribution in [-0.4, -0.2) is 68.1 Å². The highest BCUT2D eigenvalue weighted by molar-refractivity contribution is 5.89. The zero-order valence-electron chi connectivity index (χ0n) is 16.7. The number of anilines is 1. The van der Waals surface area contributed by atoms with Crippen molar-refractivity contribution in [2.45, 2.75) is 0 Å². The molecule has 3 rings (SSSR count). The number of amides is 1. The van der Waals surface area contributed by atoms with Crippen molar-refractivity contribution in [1.29, 1.82) is 0 Å². The van der Waals surface area contributed by atoms with Gasteiger partial charge in [-0.3, -0.25) is 9.69 Å². The van der Waals surface area contributed by atoms with E-state index in [9.17, 15) is 9.59 Å². The molecule has 0 radical (unpaired) electrons. The summed E-state index contributed by atoms with van der Waals surface area (Å²) in [4.78, 5) is 28.2. The van der Waals surface area contributed by atoms with E-state index in [1.165, 1.54) is 12.7 Å². The zero-order valence-corrected chi connectivity index (χ0v) is 16.7. The summed E-state index contributed by atoms with van der Waals surface area (Å²) in [6.45, 7) is 4.35. The van der Waals surface area contributed by atoms with Crippen LogP contribution in [0.1, 0.15) is 15.9 Å². The summed E-state index contributed by atoms with van der Waals surface area (Å²) in [5.74, 6) is -0.286. The summed E-state index contributed by atoms with van der Waals surface area (Å²) in [5.41, 5.74) is 2.49. The molecule has 1 aliphatic rings. The van der Waals surface area contributed by atoms with Gasteiger partial charge in [-0.25, -0.2) is 4.79 Å². The molecular weight excluding hydrogens is 366 g/mol. The van der Waals surface area contributed by atoms with Crippen LogP contribution in [0.3, 0.4) is 0 Å². The van der Waals surface area contributed by atoms with Crippen molar-refractivity contribution in [1.82, 2.24) is 9.80 Å².